The molecule has 1 aliphatic heterocycles. The van der Waals surface area contributed by atoms with Gasteiger partial charge in [0.15, 0.2) is 0 Å². The van der Waals surface area contributed by atoms with Gasteiger partial charge in [-0.1, -0.05) is 37.5 Å². The number of carbonyl (C=O) groups excluding carboxylic acids is 3. The first kappa shape index (κ1) is 22.3. The van der Waals surface area contributed by atoms with Crippen LogP contribution in [-0.2, 0) is 4.79 Å². The lowest BCUT2D eigenvalue weighted by atomic mass is 9.96. The molecule has 7 heteroatoms. The fourth-order valence-electron chi connectivity index (χ4n) is 4.37. The van der Waals surface area contributed by atoms with Gasteiger partial charge in [-0.05, 0) is 51.2 Å². The quantitative estimate of drug-likeness (QED) is 0.691. The van der Waals surface area contributed by atoms with Gasteiger partial charge in [0.25, 0.3) is 5.91 Å². The minimum Gasteiger partial charge on any atom is -0.349 e. The predicted molar refractivity (Wildman–Crippen MR) is 116 cm³/mol. The van der Waals surface area contributed by atoms with Crippen LogP contribution in [0.1, 0.15) is 67.8 Å². The standard InChI is InChI=1S/C23H34N4O3/c1-16-8-6-7-11-20(16)22(29)24-19-12-14-27(15-13-19)17(2)21(28)26-23(30)25-18-9-4-3-5-10-18/h6-8,11,17-19H,3-5,9-10,12-15H2,1-2H3,(H,24,29)(H2,25,26,28,30). The Hall–Kier alpha value is -2.41. The molecule has 0 radical (unpaired) electrons. The van der Waals surface area contributed by atoms with Crippen LogP contribution in [0.2, 0.25) is 0 Å². The van der Waals surface area contributed by atoms with Crippen molar-refractivity contribution in [2.45, 2.75) is 76.9 Å². The number of aryl methyl sites for hydroxylation is 1. The third-order valence-corrected chi connectivity index (χ3v) is 6.36. The lowest BCUT2D eigenvalue weighted by Gasteiger charge is -2.35. The number of piperidine rings is 1. The summed E-state index contributed by atoms with van der Waals surface area (Å²) in [5.74, 6) is -0.317. The minimum absolute atomic E-state index is 0.0447. The van der Waals surface area contributed by atoms with Gasteiger partial charge in [0.05, 0.1) is 6.04 Å². The number of likely N-dealkylation sites (tertiary alicyclic amines) is 1. The number of benzene rings is 1. The van der Waals surface area contributed by atoms with Crippen molar-refractivity contribution in [3.05, 3.63) is 35.4 Å². The van der Waals surface area contributed by atoms with E-state index in [1.165, 1.54) is 6.42 Å². The lowest BCUT2D eigenvalue weighted by Crippen LogP contribution is -2.54. The van der Waals surface area contributed by atoms with Crippen LogP contribution < -0.4 is 16.0 Å². The van der Waals surface area contributed by atoms with Gasteiger partial charge >= 0.3 is 6.03 Å². The summed E-state index contributed by atoms with van der Waals surface area (Å²) in [6, 6.07) is 7.07. The summed E-state index contributed by atoms with van der Waals surface area (Å²) in [4.78, 5) is 39.2. The van der Waals surface area contributed by atoms with E-state index in [1.54, 1.807) is 0 Å². The number of hydrogen-bond acceptors (Lipinski definition) is 4. The van der Waals surface area contributed by atoms with Gasteiger partial charge in [-0.15, -0.1) is 0 Å². The van der Waals surface area contributed by atoms with E-state index < -0.39 is 0 Å². The Bertz CT molecular complexity index is 753. The highest BCUT2D eigenvalue weighted by Gasteiger charge is 2.28. The van der Waals surface area contributed by atoms with E-state index in [1.807, 2.05) is 38.1 Å². The zero-order valence-electron chi connectivity index (χ0n) is 18.1. The van der Waals surface area contributed by atoms with Gasteiger partial charge < -0.3 is 10.6 Å². The second-order valence-electron chi connectivity index (χ2n) is 8.57. The number of rotatable bonds is 5. The molecule has 0 aromatic heterocycles. The maximum Gasteiger partial charge on any atom is 0.321 e. The number of nitrogens with one attached hydrogen (secondary N) is 3. The molecular formula is C23H34N4O3. The van der Waals surface area contributed by atoms with Crippen LogP contribution >= 0.6 is 0 Å². The van der Waals surface area contributed by atoms with Gasteiger partial charge in [-0.25, -0.2) is 4.79 Å². The molecule has 1 aromatic carbocycles. The van der Waals surface area contributed by atoms with E-state index in [2.05, 4.69) is 20.9 Å². The van der Waals surface area contributed by atoms with E-state index in [4.69, 9.17) is 0 Å². The number of urea groups is 1. The Labute approximate surface area is 179 Å². The predicted octanol–water partition coefficient (Wildman–Crippen LogP) is 2.74. The highest BCUT2D eigenvalue weighted by molar-refractivity contribution is 5.97. The molecule has 1 aromatic rings. The highest BCUT2D eigenvalue weighted by atomic mass is 16.2. The minimum atomic E-state index is -0.390. The molecule has 2 fully saturated rings. The summed E-state index contributed by atoms with van der Waals surface area (Å²) >= 11 is 0. The van der Waals surface area contributed by atoms with Crippen LogP contribution in [0.5, 0.6) is 0 Å². The second-order valence-corrected chi connectivity index (χ2v) is 8.57. The number of imide groups is 1. The average molecular weight is 415 g/mol. The summed E-state index contributed by atoms with van der Waals surface area (Å²) in [6.07, 6.45) is 7.01. The summed E-state index contributed by atoms with van der Waals surface area (Å²) in [5, 5.41) is 8.53. The lowest BCUT2D eigenvalue weighted by molar-refractivity contribution is -0.125. The van der Waals surface area contributed by atoms with Crippen LogP contribution in [0.3, 0.4) is 0 Å². The molecule has 3 rings (SSSR count). The van der Waals surface area contributed by atoms with Crippen molar-refractivity contribution >= 4 is 17.8 Å². The van der Waals surface area contributed by atoms with E-state index >= 15 is 0 Å². The molecule has 3 N–H and O–H groups in total. The fourth-order valence-corrected chi connectivity index (χ4v) is 4.37. The van der Waals surface area contributed by atoms with Crippen LogP contribution in [0.25, 0.3) is 0 Å². The molecule has 7 nitrogen and oxygen atoms in total. The molecule has 1 aliphatic carbocycles. The van der Waals surface area contributed by atoms with E-state index in [-0.39, 0.29) is 36.0 Å². The molecule has 1 heterocycles. The largest absolute Gasteiger partial charge is 0.349 e. The Kier molecular flexibility index (Phi) is 7.85. The van der Waals surface area contributed by atoms with Crippen molar-refractivity contribution in [2.24, 2.45) is 0 Å². The number of hydrogen-bond donors (Lipinski definition) is 3. The molecule has 1 atom stereocenters. The van der Waals surface area contributed by atoms with Crippen LogP contribution in [0, 0.1) is 6.92 Å². The highest BCUT2D eigenvalue weighted by Crippen LogP contribution is 2.17. The zero-order valence-corrected chi connectivity index (χ0v) is 18.1. The van der Waals surface area contributed by atoms with Gasteiger partial charge in [-0.3, -0.25) is 19.8 Å². The molecule has 1 unspecified atom stereocenters. The number of amides is 4. The van der Waals surface area contributed by atoms with E-state index in [0.29, 0.717) is 18.7 Å². The van der Waals surface area contributed by atoms with Gasteiger partial charge in [0.1, 0.15) is 0 Å². The van der Waals surface area contributed by atoms with Crippen molar-refractivity contribution in [2.75, 3.05) is 13.1 Å². The van der Waals surface area contributed by atoms with Crippen molar-refractivity contribution in [3.8, 4) is 0 Å². The maximum atomic E-state index is 12.5. The number of carbonyl (C=O) groups is 3. The van der Waals surface area contributed by atoms with Crippen LogP contribution in [0.4, 0.5) is 4.79 Å². The third-order valence-electron chi connectivity index (χ3n) is 6.36. The Morgan fingerprint density at radius 1 is 0.933 bits per heavy atom. The SMILES string of the molecule is Cc1ccccc1C(=O)NC1CCN(C(C)C(=O)NC(=O)NC2CCCCC2)CC1. The van der Waals surface area contributed by atoms with Crippen molar-refractivity contribution in [3.63, 3.8) is 0 Å². The van der Waals surface area contributed by atoms with Gasteiger partial charge in [0.2, 0.25) is 5.91 Å². The Balaban J connectivity index is 1.41. The molecule has 1 saturated carbocycles. The summed E-state index contributed by atoms with van der Waals surface area (Å²) in [5.41, 5.74) is 1.67. The topological polar surface area (TPSA) is 90.5 Å². The monoisotopic (exact) mass is 414 g/mol. The zero-order chi connectivity index (χ0) is 21.5. The Morgan fingerprint density at radius 2 is 1.57 bits per heavy atom. The normalized spacial score (nSPS) is 19.7. The van der Waals surface area contributed by atoms with E-state index in [0.717, 1.165) is 44.1 Å². The smallest absolute Gasteiger partial charge is 0.321 e. The first-order valence-electron chi connectivity index (χ1n) is 11.2. The molecule has 4 amide bonds. The summed E-state index contributed by atoms with van der Waals surface area (Å²) in [7, 11) is 0. The van der Waals surface area contributed by atoms with Gasteiger partial charge in [-0.2, -0.15) is 0 Å². The summed E-state index contributed by atoms with van der Waals surface area (Å²) < 4.78 is 0. The van der Waals surface area contributed by atoms with Crippen molar-refractivity contribution in [1.82, 2.24) is 20.9 Å². The van der Waals surface area contributed by atoms with Crippen LogP contribution in [0.15, 0.2) is 24.3 Å². The van der Waals surface area contributed by atoms with Crippen molar-refractivity contribution in [1.29, 1.82) is 0 Å². The first-order chi connectivity index (χ1) is 14.4. The fraction of sp³-hybridized carbons (Fsp3) is 0.609. The van der Waals surface area contributed by atoms with E-state index in [9.17, 15) is 14.4 Å². The molecule has 1 saturated heterocycles. The molecule has 30 heavy (non-hydrogen) atoms. The molecule has 0 bridgehead atoms. The summed E-state index contributed by atoms with van der Waals surface area (Å²) in [6.45, 7) is 5.17. The molecule has 2 aliphatic rings. The average Bonchev–Trinajstić information content (AvgIpc) is 2.74. The molecule has 164 valence electrons. The van der Waals surface area contributed by atoms with Crippen LogP contribution in [-0.4, -0.2) is 54.0 Å². The van der Waals surface area contributed by atoms with Crippen molar-refractivity contribution < 1.29 is 14.4 Å². The first-order valence-corrected chi connectivity index (χ1v) is 11.2. The maximum absolute atomic E-state index is 12.5. The third kappa shape index (κ3) is 6.05. The molecular weight excluding hydrogens is 380 g/mol. The Morgan fingerprint density at radius 3 is 2.23 bits per heavy atom. The van der Waals surface area contributed by atoms with Gasteiger partial charge in [0, 0.05) is 30.7 Å². The number of nitrogens with zero attached hydrogens (tertiary/aromatic N) is 1. The second kappa shape index (κ2) is 10.6. The molecule has 0 spiro atoms.